The second-order valence-electron chi connectivity index (χ2n) is 7.71. The number of aliphatic hydroxyl groups excluding tert-OH is 1. The van der Waals surface area contributed by atoms with Crippen molar-refractivity contribution in [2.24, 2.45) is 0 Å². The molecule has 1 N–H and O–H groups in total. The molecule has 0 aliphatic heterocycles. The maximum absolute atomic E-state index is 13.1. The van der Waals surface area contributed by atoms with E-state index >= 15 is 0 Å². The van der Waals surface area contributed by atoms with Crippen LogP contribution in [-0.2, 0) is 17.9 Å². The third-order valence-electron chi connectivity index (χ3n) is 4.99. The summed E-state index contributed by atoms with van der Waals surface area (Å²) >= 11 is 12.1. The van der Waals surface area contributed by atoms with Crippen molar-refractivity contribution in [3.8, 4) is 23.1 Å². The molecule has 0 saturated carbocycles. The second-order valence-corrected chi connectivity index (χ2v) is 8.55. The number of aromatic nitrogens is 6. The molecule has 2 aromatic carbocycles. The first-order valence-electron chi connectivity index (χ1n) is 10.5. The Bertz CT molecular complexity index is 1500. The molecule has 0 spiro atoms. The van der Waals surface area contributed by atoms with E-state index in [-0.39, 0.29) is 28.2 Å². The number of benzene rings is 2. The molecule has 0 amide bonds. The summed E-state index contributed by atoms with van der Waals surface area (Å²) in [6, 6.07) is 12.1. The minimum absolute atomic E-state index is 0.0538. The van der Waals surface area contributed by atoms with Gasteiger partial charge in [0.25, 0.3) is 0 Å². The molecule has 0 saturated heterocycles. The van der Waals surface area contributed by atoms with E-state index in [1.165, 1.54) is 24.3 Å². The van der Waals surface area contributed by atoms with Gasteiger partial charge in [0.1, 0.15) is 6.54 Å². The van der Waals surface area contributed by atoms with Gasteiger partial charge in [0.2, 0.25) is 0 Å². The van der Waals surface area contributed by atoms with Crippen LogP contribution in [0.5, 0.6) is 6.01 Å². The molecule has 4 rings (SSSR count). The second kappa shape index (κ2) is 10.4. The van der Waals surface area contributed by atoms with Crippen LogP contribution >= 0.6 is 23.2 Å². The number of hydrogen-bond acceptors (Lipinski definition) is 7. The van der Waals surface area contributed by atoms with Crippen molar-refractivity contribution in [1.29, 1.82) is 0 Å². The van der Waals surface area contributed by atoms with Gasteiger partial charge in [-0.05, 0) is 36.4 Å². The number of esters is 1. The molecule has 0 aliphatic rings. The first-order chi connectivity index (χ1) is 17.4. The summed E-state index contributed by atoms with van der Waals surface area (Å²) in [5, 5.41) is 18.6. The number of rotatable bonds is 7. The van der Waals surface area contributed by atoms with Crippen LogP contribution in [0.2, 0.25) is 10.0 Å². The number of carbonyl (C=O) groups excluding carboxylic acids is 1. The normalized spacial score (nSPS) is 12.5. The van der Waals surface area contributed by atoms with E-state index in [1.807, 2.05) is 0 Å². The van der Waals surface area contributed by atoms with Crippen LogP contribution in [0, 0.1) is 0 Å². The third-order valence-corrected chi connectivity index (χ3v) is 5.56. The lowest BCUT2D eigenvalue weighted by molar-refractivity contribution is -0.207. The summed E-state index contributed by atoms with van der Waals surface area (Å²) in [5.74, 6) is -0.891. The Morgan fingerprint density at radius 1 is 1.11 bits per heavy atom. The van der Waals surface area contributed by atoms with Crippen LogP contribution < -0.4 is 10.4 Å². The van der Waals surface area contributed by atoms with E-state index in [0.717, 1.165) is 16.3 Å². The van der Waals surface area contributed by atoms with E-state index in [9.17, 15) is 27.9 Å². The maximum atomic E-state index is 13.1. The van der Waals surface area contributed by atoms with Crippen molar-refractivity contribution in [3.63, 3.8) is 0 Å². The van der Waals surface area contributed by atoms with Gasteiger partial charge in [-0.2, -0.15) is 22.8 Å². The van der Waals surface area contributed by atoms with Gasteiger partial charge < -0.3 is 9.84 Å². The lowest BCUT2D eigenvalue weighted by atomic mass is 10.2. The van der Waals surface area contributed by atoms with Crippen LogP contribution in [0.15, 0.2) is 53.3 Å². The fraction of sp³-hybridized carbons (Fsp3) is 0.227. The van der Waals surface area contributed by atoms with Crippen LogP contribution in [0.4, 0.5) is 13.2 Å². The minimum atomic E-state index is -4.97. The zero-order chi connectivity index (χ0) is 26.9. The molecule has 10 nitrogen and oxygen atoms in total. The molecule has 4 aromatic rings. The van der Waals surface area contributed by atoms with E-state index in [2.05, 4.69) is 15.2 Å². The largest absolute Gasteiger partial charge is 0.416 e. The summed E-state index contributed by atoms with van der Waals surface area (Å²) < 4.78 is 47.0. The predicted molar refractivity (Wildman–Crippen MR) is 126 cm³/mol. The van der Waals surface area contributed by atoms with Crippen molar-refractivity contribution in [2.45, 2.75) is 32.3 Å². The standard InChI is InChI=1S/C22H17Cl2F3N6O4/c1-12(34)37-20-28-18(29-33(20)16-5-3-2-4-15(16)24)11-32-21(36)31(10-17(35)22(25,26)27)19(30-32)13-6-8-14(23)9-7-13/h2-9,17,35H,10-11H2,1H3. The van der Waals surface area contributed by atoms with Gasteiger partial charge in [0, 0.05) is 17.5 Å². The Hall–Kier alpha value is -3.68. The molecule has 0 bridgehead atoms. The van der Waals surface area contributed by atoms with E-state index in [4.69, 9.17) is 27.9 Å². The fourth-order valence-corrected chi connectivity index (χ4v) is 3.65. The quantitative estimate of drug-likeness (QED) is 0.346. The molecule has 1 atom stereocenters. The molecule has 1 unspecified atom stereocenters. The van der Waals surface area contributed by atoms with Gasteiger partial charge in [-0.15, -0.1) is 10.2 Å². The molecule has 37 heavy (non-hydrogen) atoms. The number of aliphatic hydroxyl groups is 1. The molecule has 2 heterocycles. The molecule has 194 valence electrons. The summed E-state index contributed by atoms with van der Waals surface area (Å²) in [5.41, 5.74) is -0.353. The van der Waals surface area contributed by atoms with Gasteiger partial charge in [0.05, 0.1) is 17.3 Å². The summed E-state index contributed by atoms with van der Waals surface area (Å²) in [7, 11) is 0. The van der Waals surface area contributed by atoms with Gasteiger partial charge in [-0.3, -0.25) is 9.36 Å². The molecular weight excluding hydrogens is 540 g/mol. The van der Waals surface area contributed by atoms with Crippen molar-refractivity contribution >= 4 is 29.2 Å². The number of halogens is 5. The van der Waals surface area contributed by atoms with Crippen LogP contribution in [-0.4, -0.2) is 52.5 Å². The van der Waals surface area contributed by atoms with Gasteiger partial charge in [-0.1, -0.05) is 35.3 Å². The van der Waals surface area contributed by atoms with E-state index in [1.54, 1.807) is 24.3 Å². The van der Waals surface area contributed by atoms with Crippen molar-refractivity contribution < 1.29 is 27.8 Å². The third kappa shape index (κ3) is 5.84. The number of carbonyl (C=O) groups is 1. The number of para-hydroxylation sites is 1. The molecule has 15 heteroatoms. The van der Waals surface area contributed by atoms with Crippen molar-refractivity contribution in [2.75, 3.05) is 0 Å². The van der Waals surface area contributed by atoms with Crippen LogP contribution in [0.25, 0.3) is 17.1 Å². The van der Waals surface area contributed by atoms with Crippen molar-refractivity contribution in [3.05, 3.63) is 74.9 Å². The highest BCUT2D eigenvalue weighted by Gasteiger charge is 2.39. The highest BCUT2D eigenvalue weighted by molar-refractivity contribution is 6.32. The number of ether oxygens (including phenoxy) is 1. The topological polar surface area (TPSA) is 117 Å². The molecule has 0 aliphatic carbocycles. The molecule has 0 fully saturated rings. The Morgan fingerprint density at radius 2 is 1.78 bits per heavy atom. The lowest BCUT2D eigenvalue weighted by Crippen LogP contribution is -2.37. The molecular formula is C22H17Cl2F3N6O4. The average Bonchev–Trinajstić information content (AvgIpc) is 3.34. The Kier molecular flexibility index (Phi) is 7.39. The molecule has 0 radical (unpaired) electrons. The predicted octanol–water partition coefficient (Wildman–Crippen LogP) is 3.50. The van der Waals surface area contributed by atoms with Gasteiger partial charge in [0.15, 0.2) is 17.8 Å². The highest BCUT2D eigenvalue weighted by Crippen LogP contribution is 2.25. The lowest BCUT2D eigenvalue weighted by Gasteiger charge is -2.15. The fourth-order valence-electron chi connectivity index (χ4n) is 3.31. The van der Waals surface area contributed by atoms with E-state index < -0.39 is 37.0 Å². The van der Waals surface area contributed by atoms with Crippen LogP contribution in [0.1, 0.15) is 12.7 Å². The van der Waals surface area contributed by atoms with E-state index in [0.29, 0.717) is 15.3 Å². The highest BCUT2D eigenvalue weighted by atomic mass is 35.5. The number of hydrogen-bond donors (Lipinski definition) is 1. The first-order valence-corrected chi connectivity index (χ1v) is 11.3. The monoisotopic (exact) mass is 556 g/mol. The Balaban J connectivity index is 1.78. The van der Waals surface area contributed by atoms with Crippen molar-refractivity contribution in [1.82, 2.24) is 29.1 Å². The SMILES string of the molecule is CC(=O)Oc1nc(Cn2nc(-c3ccc(Cl)cc3)n(CC(O)C(F)(F)F)c2=O)nn1-c1ccccc1Cl. The Labute approximate surface area is 216 Å². The minimum Gasteiger partial charge on any atom is -0.391 e. The van der Waals surface area contributed by atoms with Gasteiger partial charge >= 0.3 is 23.8 Å². The zero-order valence-corrected chi connectivity index (χ0v) is 20.4. The van der Waals surface area contributed by atoms with Gasteiger partial charge in [-0.25, -0.2) is 9.48 Å². The average molecular weight is 557 g/mol. The smallest absolute Gasteiger partial charge is 0.391 e. The Morgan fingerprint density at radius 3 is 2.41 bits per heavy atom. The summed E-state index contributed by atoms with van der Waals surface area (Å²) in [6.45, 7) is -0.345. The maximum Gasteiger partial charge on any atom is 0.416 e. The van der Waals surface area contributed by atoms with Crippen LogP contribution in [0.3, 0.4) is 0 Å². The first kappa shape index (κ1) is 26.4. The summed E-state index contributed by atoms with van der Waals surface area (Å²) in [6.07, 6.45) is -7.78. The summed E-state index contributed by atoms with van der Waals surface area (Å²) in [4.78, 5) is 28.8. The zero-order valence-electron chi connectivity index (χ0n) is 18.9. The number of nitrogens with zero attached hydrogens (tertiary/aromatic N) is 6. The molecule has 2 aromatic heterocycles. The number of alkyl halides is 3.